The molecule has 3 rings (SSSR count). The Bertz CT molecular complexity index is 888. The average Bonchev–Trinajstić information content (AvgIpc) is 2.87. The highest BCUT2D eigenvalue weighted by Crippen LogP contribution is 2.27. The molecule has 0 aliphatic heterocycles. The Kier molecular flexibility index (Phi) is 4.09. The van der Waals surface area contributed by atoms with Gasteiger partial charge in [-0.05, 0) is 24.3 Å². The van der Waals surface area contributed by atoms with E-state index in [2.05, 4.69) is 0 Å². The first-order valence-corrected chi connectivity index (χ1v) is 7.59. The highest BCUT2D eigenvalue weighted by atomic mass is 35.5. The topological polar surface area (TPSA) is 25.2 Å². The van der Waals surface area contributed by atoms with Crippen molar-refractivity contribution in [2.75, 3.05) is 7.05 Å². The van der Waals surface area contributed by atoms with Crippen molar-refractivity contribution in [3.05, 3.63) is 70.6 Å². The third-order valence-electron chi connectivity index (χ3n) is 3.96. The number of benzene rings is 2. The Labute approximate surface area is 138 Å². The van der Waals surface area contributed by atoms with Crippen molar-refractivity contribution in [3.8, 4) is 0 Å². The Morgan fingerprint density at radius 1 is 1.22 bits per heavy atom. The Hall–Kier alpha value is -2.33. The van der Waals surface area contributed by atoms with Crippen LogP contribution in [0.25, 0.3) is 10.9 Å². The zero-order chi connectivity index (χ0) is 16.6. The molecule has 0 bridgehead atoms. The summed E-state index contributed by atoms with van der Waals surface area (Å²) in [4.78, 5) is 14.2. The molecular weight excluding hydrogens is 315 g/mol. The maximum atomic E-state index is 13.8. The molecule has 1 heterocycles. The molecule has 1 aromatic heterocycles. The molecule has 0 fully saturated rings. The van der Waals surface area contributed by atoms with Gasteiger partial charge in [0.1, 0.15) is 11.5 Å². The number of aryl methyl sites for hydroxylation is 1. The maximum Gasteiger partial charge on any atom is 0.270 e. The number of hydrogen-bond donors (Lipinski definition) is 0. The van der Waals surface area contributed by atoms with Crippen molar-refractivity contribution < 1.29 is 9.18 Å². The Morgan fingerprint density at radius 2 is 1.96 bits per heavy atom. The summed E-state index contributed by atoms with van der Waals surface area (Å²) in [7, 11) is 3.48. The normalized spacial score (nSPS) is 11.0. The van der Waals surface area contributed by atoms with Crippen LogP contribution in [-0.2, 0) is 13.6 Å². The van der Waals surface area contributed by atoms with Crippen LogP contribution in [0.2, 0.25) is 5.02 Å². The smallest absolute Gasteiger partial charge is 0.270 e. The van der Waals surface area contributed by atoms with Gasteiger partial charge in [0.05, 0.1) is 0 Å². The van der Waals surface area contributed by atoms with Crippen LogP contribution in [0.5, 0.6) is 0 Å². The van der Waals surface area contributed by atoms with Crippen molar-refractivity contribution in [2.45, 2.75) is 6.54 Å². The van der Waals surface area contributed by atoms with Gasteiger partial charge >= 0.3 is 0 Å². The van der Waals surface area contributed by atoms with Crippen LogP contribution in [0.4, 0.5) is 4.39 Å². The van der Waals surface area contributed by atoms with Gasteiger partial charge in [-0.2, -0.15) is 0 Å². The minimum atomic E-state index is -0.313. The number of aromatic nitrogens is 1. The predicted molar refractivity (Wildman–Crippen MR) is 90.1 cm³/mol. The molecule has 0 aliphatic rings. The number of carbonyl (C=O) groups is 1. The number of hydrogen-bond acceptors (Lipinski definition) is 1. The third kappa shape index (κ3) is 2.82. The molecule has 118 valence electrons. The van der Waals surface area contributed by atoms with Crippen molar-refractivity contribution in [3.63, 3.8) is 0 Å². The number of carbonyl (C=O) groups excluding carboxylic acids is 1. The molecule has 2 aromatic carbocycles. The van der Waals surface area contributed by atoms with E-state index in [4.69, 9.17) is 11.6 Å². The molecule has 0 saturated heterocycles. The van der Waals surface area contributed by atoms with Crippen molar-refractivity contribution in [1.82, 2.24) is 9.47 Å². The summed E-state index contributed by atoms with van der Waals surface area (Å²) in [6.07, 6.45) is 0. The first kappa shape index (κ1) is 15.6. The van der Waals surface area contributed by atoms with Crippen LogP contribution in [-0.4, -0.2) is 22.4 Å². The van der Waals surface area contributed by atoms with Gasteiger partial charge in [0.2, 0.25) is 0 Å². The molecule has 0 saturated carbocycles. The van der Waals surface area contributed by atoms with Crippen molar-refractivity contribution >= 4 is 28.4 Å². The fraction of sp³-hybridized carbons (Fsp3) is 0.167. The summed E-state index contributed by atoms with van der Waals surface area (Å²) >= 11 is 6.19. The van der Waals surface area contributed by atoms with Crippen molar-refractivity contribution in [2.24, 2.45) is 7.05 Å². The minimum Gasteiger partial charge on any atom is -0.340 e. The lowest BCUT2D eigenvalue weighted by Crippen LogP contribution is -2.28. The third-order valence-corrected chi connectivity index (χ3v) is 4.29. The number of amides is 1. The zero-order valence-electron chi connectivity index (χ0n) is 12.9. The van der Waals surface area contributed by atoms with Gasteiger partial charge in [-0.15, -0.1) is 0 Å². The van der Waals surface area contributed by atoms with E-state index < -0.39 is 0 Å². The average molecular weight is 331 g/mol. The quantitative estimate of drug-likeness (QED) is 0.705. The summed E-state index contributed by atoms with van der Waals surface area (Å²) in [6, 6.07) is 13.8. The van der Waals surface area contributed by atoms with Gasteiger partial charge in [-0.3, -0.25) is 4.79 Å². The van der Waals surface area contributed by atoms with Gasteiger partial charge in [0.25, 0.3) is 5.91 Å². The van der Waals surface area contributed by atoms with Crippen LogP contribution >= 0.6 is 11.6 Å². The SMILES string of the molecule is CN(Cc1ccccc1F)C(=O)c1cc2c(Cl)cccc2n1C. The molecule has 3 aromatic rings. The molecule has 23 heavy (non-hydrogen) atoms. The molecule has 0 radical (unpaired) electrons. The predicted octanol–water partition coefficient (Wildman–Crippen LogP) is 4.24. The zero-order valence-corrected chi connectivity index (χ0v) is 13.6. The second-order valence-corrected chi connectivity index (χ2v) is 5.92. The van der Waals surface area contributed by atoms with E-state index in [1.54, 1.807) is 41.9 Å². The highest BCUT2D eigenvalue weighted by molar-refractivity contribution is 6.35. The van der Waals surface area contributed by atoms with Crippen LogP contribution in [0.3, 0.4) is 0 Å². The second kappa shape index (κ2) is 6.05. The maximum absolute atomic E-state index is 13.8. The molecule has 1 amide bonds. The van der Waals surface area contributed by atoms with E-state index in [1.807, 2.05) is 19.2 Å². The summed E-state index contributed by atoms with van der Waals surface area (Å²) in [5, 5.41) is 1.44. The first-order valence-electron chi connectivity index (χ1n) is 7.22. The molecule has 0 N–H and O–H groups in total. The van der Waals surface area contributed by atoms with E-state index >= 15 is 0 Å². The van der Waals surface area contributed by atoms with E-state index in [9.17, 15) is 9.18 Å². The largest absolute Gasteiger partial charge is 0.340 e. The van der Waals surface area contributed by atoms with Crippen molar-refractivity contribution in [1.29, 1.82) is 0 Å². The number of fused-ring (bicyclic) bond motifs is 1. The first-order chi connectivity index (χ1) is 11.0. The number of halogens is 2. The van der Waals surface area contributed by atoms with E-state index in [0.29, 0.717) is 16.3 Å². The molecule has 0 unspecified atom stereocenters. The number of rotatable bonds is 3. The summed E-state index contributed by atoms with van der Waals surface area (Å²) in [5.74, 6) is -0.491. The molecule has 0 atom stereocenters. The van der Waals surface area contributed by atoms with Gasteiger partial charge in [0, 0.05) is 42.1 Å². The lowest BCUT2D eigenvalue weighted by molar-refractivity contribution is 0.0775. The van der Waals surface area contributed by atoms with Crippen LogP contribution < -0.4 is 0 Å². The highest BCUT2D eigenvalue weighted by Gasteiger charge is 2.19. The minimum absolute atomic E-state index is 0.178. The molecule has 3 nitrogen and oxygen atoms in total. The van der Waals surface area contributed by atoms with Crippen LogP contribution in [0.15, 0.2) is 48.5 Å². The van der Waals surface area contributed by atoms with Crippen LogP contribution in [0.1, 0.15) is 16.1 Å². The lowest BCUT2D eigenvalue weighted by Gasteiger charge is -2.18. The summed E-state index contributed by atoms with van der Waals surface area (Å²) < 4.78 is 15.6. The van der Waals surface area contributed by atoms with Gasteiger partial charge in [-0.1, -0.05) is 35.9 Å². The van der Waals surface area contributed by atoms with E-state index in [1.165, 1.54) is 11.0 Å². The number of nitrogens with zero attached hydrogens (tertiary/aromatic N) is 2. The standard InChI is InChI=1S/C18H16ClFN2O/c1-21(11-12-6-3-4-8-15(12)20)18(23)17-10-13-14(19)7-5-9-16(13)22(17)2/h3-10H,11H2,1-2H3. The fourth-order valence-corrected chi connectivity index (χ4v) is 2.90. The van der Waals surface area contributed by atoms with Gasteiger partial charge in [0.15, 0.2) is 0 Å². The Balaban J connectivity index is 1.92. The lowest BCUT2D eigenvalue weighted by atomic mass is 10.2. The molecule has 5 heteroatoms. The monoisotopic (exact) mass is 330 g/mol. The van der Waals surface area contributed by atoms with Gasteiger partial charge in [-0.25, -0.2) is 4.39 Å². The van der Waals surface area contributed by atoms with Crippen LogP contribution in [0, 0.1) is 5.82 Å². The van der Waals surface area contributed by atoms with E-state index in [-0.39, 0.29) is 18.3 Å². The summed E-state index contributed by atoms with van der Waals surface area (Å²) in [5.41, 5.74) is 1.90. The van der Waals surface area contributed by atoms with Gasteiger partial charge < -0.3 is 9.47 Å². The summed E-state index contributed by atoms with van der Waals surface area (Å²) in [6.45, 7) is 0.209. The fourth-order valence-electron chi connectivity index (χ4n) is 2.68. The second-order valence-electron chi connectivity index (χ2n) is 5.51. The molecule has 0 spiro atoms. The van der Waals surface area contributed by atoms with E-state index in [0.717, 1.165) is 10.9 Å². The molecule has 0 aliphatic carbocycles. The Morgan fingerprint density at radius 3 is 2.65 bits per heavy atom. The molecular formula is C18H16ClFN2O.